The van der Waals surface area contributed by atoms with Gasteiger partial charge in [0, 0.05) is 25.0 Å². The summed E-state index contributed by atoms with van der Waals surface area (Å²) in [5, 5.41) is 8.59. The van der Waals surface area contributed by atoms with Crippen molar-refractivity contribution in [1.82, 2.24) is 0 Å². The Morgan fingerprint density at radius 2 is 1.80 bits per heavy atom. The Labute approximate surface area is 146 Å². The predicted molar refractivity (Wildman–Crippen MR) is 96.3 cm³/mol. The van der Waals surface area contributed by atoms with Crippen LogP contribution < -0.4 is 9.64 Å². The Kier molecular flexibility index (Phi) is 5.64. The highest BCUT2D eigenvalue weighted by atomic mass is 16.5. The molecule has 0 atom stereocenters. The van der Waals surface area contributed by atoms with Crippen LogP contribution in [0.3, 0.4) is 0 Å². The minimum atomic E-state index is -0.994. The molecular formula is C19H20N2O4. The number of morpholine rings is 1. The monoisotopic (exact) mass is 340 g/mol. The number of hydrogen-bond acceptors (Lipinski definition) is 5. The lowest BCUT2D eigenvalue weighted by Crippen LogP contribution is -2.36. The maximum absolute atomic E-state index is 10.5. The van der Waals surface area contributed by atoms with Gasteiger partial charge in [0.25, 0.3) is 0 Å². The predicted octanol–water partition coefficient (Wildman–Crippen LogP) is 2.74. The highest BCUT2D eigenvalue weighted by molar-refractivity contribution is 5.82. The first-order valence-corrected chi connectivity index (χ1v) is 8.12. The molecule has 130 valence electrons. The highest BCUT2D eigenvalue weighted by Crippen LogP contribution is 2.21. The summed E-state index contributed by atoms with van der Waals surface area (Å²) in [5.74, 6) is -0.472. The molecule has 0 spiro atoms. The van der Waals surface area contributed by atoms with E-state index in [1.807, 2.05) is 24.3 Å². The van der Waals surface area contributed by atoms with E-state index in [-0.39, 0.29) is 6.61 Å². The van der Waals surface area contributed by atoms with Crippen molar-refractivity contribution < 1.29 is 19.4 Å². The van der Waals surface area contributed by atoms with Gasteiger partial charge in [-0.2, -0.15) is 0 Å². The van der Waals surface area contributed by atoms with E-state index >= 15 is 0 Å². The first kappa shape index (κ1) is 17.0. The third-order valence-electron chi connectivity index (χ3n) is 3.83. The Bertz CT molecular complexity index is 720. The molecule has 1 heterocycles. The Balaban J connectivity index is 1.58. The molecule has 0 unspecified atom stereocenters. The molecule has 0 saturated carbocycles. The van der Waals surface area contributed by atoms with Crippen molar-refractivity contribution in [3.05, 3.63) is 54.1 Å². The van der Waals surface area contributed by atoms with E-state index in [0.717, 1.165) is 37.6 Å². The van der Waals surface area contributed by atoms with Gasteiger partial charge in [0.05, 0.1) is 18.9 Å². The molecule has 0 aliphatic carbocycles. The van der Waals surface area contributed by atoms with Gasteiger partial charge in [0.2, 0.25) is 0 Å². The summed E-state index contributed by atoms with van der Waals surface area (Å²) < 4.78 is 10.5. The van der Waals surface area contributed by atoms with Gasteiger partial charge in [-0.25, -0.2) is 4.79 Å². The lowest BCUT2D eigenvalue weighted by molar-refractivity contribution is -0.139. The Morgan fingerprint density at radius 3 is 2.44 bits per heavy atom. The van der Waals surface area contributed by atoms with Crippen molar-refractivity contribution in [2.24, 2.45) is 4.99 Å². The molecular weight excluding hydrogens is 320 g/mol. The van der Waals surface area contributed by atoms with Crippen molar-refractivity contribution in [3.8, 4) is 5.75 Å². The summed E-state index contributed by atoms with van der Waals surface area (Å²) in [4.78, 5) is 17.2. The molecule has 1 N–H and O–H groups in total. The minimum Gasteiger partial charge on any atom is -0.482 e. The number of nitrogens with zero attached hydrogens (tertiary/aromatic N) is 2. The normalized spacial score (nSPS) is 14.6. The van der Waals surface area contributed by atoms with Gasteiger partial charge in [0.1, 0.15) is 5.75 Å². The maximum atomic E-state index is 10.5. The van der Waals surface area contributed by atoms with E-state index in [9.17, 15) is 4.79 Å². The van der Waals surface area contributed by atoms with Gasteiger partial charge in [0.15, 0.2) is 6.61 Å². The molecule has 0 radical (unpaired) electrons. The molecule has 2 aromatic carbocycles. The standard InChI is InChI=1S/C19H20N2O4/c22-19(23)14-25-18-7-1-15(2-8-18)13-20-16-3-5-17(6-4-16)21-9-11-24-12-10-21/h1-8,13H,9-12,14H2,(H,22,23). The number of hydrogen-bond donors (Lipinski definition) is 1. The zero-order valence-corrected chi connectivity index (χ0v) is 13.8. The van der Waals surface area contributed by atoms with Gasteiger partial charge in [-0.05, 0) is 54.1 Å². The van der Waals surface area contributed by atoms with Crippen molar-refractivity contribution in [2.45, 2.75) is 0 Å². The number of carbonyl (C=O) groups is 1. The number of benzene rings is 2. The zero-order valence-electron chi connectivity index (χ0n) is 13.8. The fraction of sp³-hybridized carbons (Fsp3) is 0.263. The van der Waals surface area contributed by atoms with Crippen molar-refractivity contribution in [2.75, 3.05) is 37.8 Å². The number of rotatable bonds is 6. The zero-order chi connectivity index (χ0) is 17.5. The van der Waals surface area contributed by atoms with Crippen LogP contribution in [0.5, 0.6) is 5.75 Å². The van der Waals surface area contributed by atoms with Crippen LogP contribution in [-0.4, -0.2) is 50.2 Å². The summed E-state index contributed by atoms with van der Waals surface area (Å²) in [6.45, 7) is 3.03. The van der Waals surface area contributed by atoms with E-state index < -0.39 is 5.97 Å². The molecule has 6 heteroatoms. The van der Waals surface area contributed by atoms with Crippen LogP contribution in [0.25, 0.3) is 0 Å². The van der Waals surface area contributed by atoms with Crippen LogP contribution in [0.15, 0.2) is 53.5 Å². The Hall–Kier alpha value is -2.86. The van der Waals surface area contributed by atoms with Crippen molar-refractivity contribution >= 4 is 23.6 Å². The number of carboxylic acid groups (broad SMARTS) is 1. The average molecular weight is 340 g/mol. The van der Waals surface area contributed by atoms with Crippen molar-refractivity contribution in [1.29, 1.82) is 0 Å². The second-order valence-electron chi connectivity index (χ2n) is 5.63. The number of aliphatic imine (C=N–C) groups is 1. The SMILES string of the molecule is O=C(O)COc1ccc(C=Nc2ccc(N3CCOCC3)cc2)cc1. The summed E-state index contributed by atoms with van der Waals surface area (Å²) in [7, 11) is 0. The molecule has 1 fully saturated rings. The van der Waals surface area contributed by atoms with Crippen LogP contribution in [0.2, 0.25) is 0 Å². The topological polar surface area (TPSA) is 71.4 Å². The molecule has 0 aromatic heterocycles. The molecule has 6 nitrogen and oxygen atoms in total. The van der Waals surface area contributed by atoms with Gasteiger partial charge in [-0.3, -0.25) is 4.99 Å². The maximum Gasteiger partial charge on any atom is 0.341 e. The van der Waals surface area contributed by atoms with Gasteiger partial charge < -0.3 is 19.5 Å². The lowest BCUT2D eigenvalue weighted by Gasteiger charge is -2.28. The van der Waals surface area contributed by atoms with E-state index in [1.165, 1.54) is 5.69 Å². The molecule has 25 heavy (non-hydrogen) atoms. The van der Waals surface area contributed by atoms with Crippen LogP contribution in [-0.2, 0) is 9.53 Å². The van der Waals surface area contributed by atoms with Crippen LogP contribution in [0, 0.1) is 0 Å². The molecule has 2 aromatic rings. The third kappa shape index (κ3) is 5.06. The van der Waals surface area contributed by atoms with Gasteiger partial charge in [-0.15, -0.1) is 0 Å². The molecule has 0 bridgehead atoms. The fourth-order valence-electron chi connectivity index (χ4n) is 2.52. The summed E-state index contributed by atoms with van der Waals surface area (Å²) in [6.07, 6.45) is 1.77. The summed E-state index contributed by atoms with van der Waals surface area (Å²) in [5.41, 5.74) is 2.98. The van der Waals surface area contributed by atoms with E-state index in [4.69, 9.17) is 14.6 Å². The second-order valence-corrected chi connectivity index (χ2v) is 5.63. The quantitative estimate of drug-likeness (QED) is 0.819. The summed E-state index contributed by atoms with van der Waals surface area (Å²) in [6, 6.07) is 15.3. The second kappa shape index (κ2) is 8.30. The number of anilines is 1. The van der Waals surface area contributed by atoms with Crippen LogP contribution >= 0.6 is 0 Å². The minimum absolute atomic E-state index is 0.344. The Morgan fingerprint density at radius 1 is 1.12 bits per heavy atom. The van der Waals surface area contributed by atoms with E-state index in [2.05, 4.69) is 22.0 Å². The van der Waals surface area contributed by atoms with Gasteiger partial charge >= 0.3 is 5.97 Å². The molecule has 1 aliphatic heterocycles. The molecule has 1 saturated heterocycles. The number of ether oxygens (including phenoxy) is 2. The molecule has 3 rings (SSSR count). The smallest absolute Gasteiger partial charge is 0.341 e. The number of carboxylic acids is 1. The molecule has 1 aliphatic rings. The van der Waals surface area contributed by atoms with E-state index in [0.29, 0.717) is 5.75 Å². The van der Waals surface area contributed by atoms with Crippen molar-refractivity contribution in [3.63, 3.8) is 0 Å². The van der Waals surface area contributed by atoms with Crippen LogP contribution in [0.4, 0.5) is 11.4 Å². The molecule has 0 amide bonds. The summed E-state index contributed by atoms with van der Waals surface area (Å²) >= 11 is 0. The fourth-order valence-corrected chi connectivity index (χ4v) is 2.52. The van der Waals surface area contributed by atoms with Crippen LogP contribution in [0.1, 0.15) is 5.56 Å². The first-order chi connectivity index (χ1) is 12.2. The third-order valence-corrected chi connectivity index (χ3v) is 3.83. The average Bonchev–Trinajstić information content (AvgIpc) is 2.66. The first-order valence-electron chi connectivity index (χ1n) is 8.12. The van der Waals surface area contributed by atoms with Gasteiger partial charge in [-0.1, -0.05) is 0 Å². The largest absolute Gasteiger partial charge is 0.482 e. The number of aliphatic carboxylic acids is 1. The van der Waals surface area contributed by atoms with E-state index in [1.54, 1.807) is 18.3 Å². The highest BCUT2D eigenvalue weighted by Gasteiger charge is 2.10. The lowest BCUT2D eigenvalue weighted by atomic mass is 10.2.